The first-order valence-electron chi connectivity index (χ1n) is 15.4. The number of ether oxygens (including phenoxy) is 2. The van der Waals surface area contributed by atoms with Gasteiger partial charge in [-0.15, -0.1) is 0 Å². The van der Waals surface area contributed by atoms with Crippen LogP contribution in [0.15, 0.2) is 78.3 Å². The molecule has 1 N–H and O–H groups in total. The number of alkyl carbamates (subject to hydrolysis) is 1. The minimum atomic E-state index is -0.879. The molecule has 5 aromatic rings. The molecule has 48 heavy (non-hydrogen) atoms. The van der Waals surface area contributed by atoms with E-state index in [1.165, 1.54) is 22.3 Å². The van der Waals surface area contributed by atoms with Crippen LogP contribution < -0.4 is 10.1 Å². The number of pyridine rings is 1. The van der Waals surface area contributed by atoms with E-state index in [0.29, 0.717) is 41.6 Å². The minimum Gasteiger partial charge on any atom is -0.474 e. The van der Waals surface area contributed by atoms with Crippen molar-refractivity contribution in [2.75, 3.05) is 13.1 Å². The number of aryl methyl sites for hydroxylation is 1. The molecule has 4 heterocycles. The van der Waals surface area contributed by atoms with E-state index in [9.17, 15) is 18.4 Å². The second-order valence-corrected chi connectivity index (χ2v) is 13.3. The van der Waals surface area contributed by atoms with Crippen molar-refractivity contribution in [3.63, 3.8) is 0 Å². The fraction of sp³-hybridized carbons (Fsp3) is 0.286. The molecule has 10 nitrogen and oxygen atoms in total. The summed E-state index contributed by atoms with van der Waals surface area (Å²) in [5, 5.41) is 6.79. The Morgan fingerprint density at radius 2 is 1.73 bits per heavy atom. The van der Waals surface area contributed by atoms with Gasteiger partial charge in [-0.25, -0.2) is 19.2 Å². The molecule has 13 heteroatoms. The van der Waals surface area contributed by atoms with E-state index < -0.39 is 16.8 Å². The molecular weight excluding hydrogens is 638 g/mol. The Kier molecular flexibility index (Phi) is 8.15. The van der Waals surface area contributed by atoms with Crippen LogP contribution in [0.5, 0.6) is 5.88 Å². The van der Waals surface area contributed by atoms with E-state index in [-0.39, 0.29) is 42.0 Å². The zero-order valence-corrected chi connectivity index (χ0v) is 27.2. The third-order valence-electron chi connectivity index (χ3n) is 8.82. The summed E-state index contributed by atoms with van der Waals surface area (Å²) in [6.45, 7) is 4.82. The lowest BCUT2D eigenvalue weighted by Gasteiger charge is -2.27. The van der Waals surface area contributed by atoms with E-state index in [4.69, 9.17) is 14.5 Å². The van der Waals surface area contributed by atoms with Crippen molar-refractivity contribution in [1.29, 1.82) is 0 Å². The van der Waals surface area contributed by atoms with Gasteiger partial charge in [-0.1, -0.05) is 41.7 Å². The summed E-state index contributed by atoms with van der Waals surface area (Å²) in [4.78, 5) is 36.7. The van der Waals surface area contributed by atoms with E-state index in [1.54, 1.807) is 36.2 Å². The number of halogens is 2. The van der Waals surface area contributed by atoms with Crippen molar-refractivity contribution < 1.29 is 27.8 Å². The quantitative estimate of drug-likeness (QED) is 0.199. The summed E-state index contributed by atoms with van der Waals surface area (Å²) in [7, 11) is 1.65. The van der Waals surface area contributed by atoms with Crippen molar-refractivity contribution in [1.82, 2.24) is 30.0 Å². The molecule has 1 aliphatic heterocycles. The van der Waals surface area contributed by atoms with Gasteiger partial charge < -0.3 is 19.7 Å². The second kappa shape index (κ2) is 12.5. The number of likely N-dealkylation sites (tertiary alicyclic amines) is 1. The molecule has 2 fully saturated rings. The molecular formula is C35H32F2N6O4S. The van der Waals surface area contributed by atoms with Gasteiger partial charge in [-0.3, -0.25) is 9.48 Å². The highest BCUT2D eigenvalue weighted by molar-refractivity contribution is 7.08. The Morgan fingerprint density at radius 1 is 1.00 bits per heavy atom. The Morgan fingerprint density at radius 3 is 2.42 bits per heavy atom. The average Bonchev–Trinajstić information content (AvgIpc) is 3.49. The number of hydrogen-bond acceptors (Lipinski definition) is 8. The molecule has 1 aliphatic carbocycles. The predicted molar refractivity (Wildman–Crippen MR) is 174 cm³/mol. The van der Waals surface area contributed by atoms with Gasteiger partial charge in [-0.2, -0.15) is 9.49 Å². The van der Waals surface area contributed by atoms with Gasteiger partial charge in [0, 0.05) is 43.6 Å². The van der Waals surface area contributed by atoms with E-state index in [0.717, 1.165) is 22.5 Å². The van der Waals surface area contributed by atoms with Gasteiger partial charge in [0.25, 0.3) is 5.91 Å². The smallest absolute Gasteiger partial charge is 0.408 e. The molecule has 0 radical (unpaired) electrons. The van der Waals surface area contributed by atoms with Crippen molar-refractivity contribution >= 4 is 23.3 Å². The van der Waals surface area contributed by atoms with Crippen molar-refractivity contribution in [2.24, 2.45) is 18.9 Å². The van der Waals surface area contributed by atoms with Crippen LogP contribution in [-0.2, 0) is 23.9 Å². The summed E-state index contributed by atoms with van der Waals surface area (Å²) >= 11 is 0.880. The number of amides is 2. The van der Waals surface area contributed by atoms with Gasteiger partial charge in [0.2, 0.25) is 11.0 Å². The maximum absolute atomic E-state index is 14.1. The molecule has 7 rings (SSSR count). The maximum Gasteiger partial charge on any atom is 0.408 e. The number of nitrogens with zero attached hydrogens (tertiary/aromatic N) is 5. The normalized spacial score (nSPS) is 18.4. The number of nitrogens with one attached hydrogen (secondary N) is 1. The Labute approximate surface area is 279 Å². The molecule has 1 saturated carbocycles. The van der Waals surface area contributed by atoms with Crippen molar-refractivity contribution in [3.05, 3.63) is 106 Å². The van der Waals surface area contributed by atoms with Gasteiger partial charge in [0.1, 0.15) is 35.6 Å². The molecule has 1 saturated heterocycles. The largest absolute Gasteiger partial charge is 0.474 e. The SMILES string of the molecule is Cn1nc(-c2ncsc2F)cc1C(=O)N1C[C@@H]2C(Oc3cc(C(C)(C)NC(=O)OCc4ccccc4)cc(-c4ccc(F)cc4)n3)[C@@H]2C1. The molecule has 2 amide bonds. The summed E-state index contributed by atoms with van der Waals surface area (Å²) in [6, 6.07) is 20.6. The van der Waals surface area contributed by atoms with Gasteiger partial charge >= 0.3 is 6.09 Å². The van der Waals surface area contributed by atoms with E-state index in [2.05, 4.69) is 15.4 Å². The highest BCUT2D eigenvalue weighted by atomic mass is 32.1. The first-order valence-corrected chi connectivity index (χ1v) is 16.3. The molecule has 1 unspecified atom stereocenters. The number of carbonyl (C=O) groups is 2. The van der Waals surface area contributed by atoms with E-state index >= 15 is 0 Å². The first kappa shape index (κ1) is 31.4. The number of benzene rings is 2. The lowest BCUT2D eigenvalue weighted by molar-refractivity contribution is 0.0740. The first-order chi connectivity index (χ1) is 23.1. The van der Waals surface area contributed by atoms with Crippen LogP contribution in [0.25, 0.3) is 22.6 Å². The zero-order valence-electron chi connectivity index (χ0n) is 26.4. The third-order valence-corrected chi connectivity index (χ3v) is 9.43. The van der Waals surface area contributed by atoms with Crippen LogP contribution in [0.1, 0.15) is 35.5 Å². The predicted octanol–water partition coefficient (Wildman–Crippen LogP) is 6.19. The molecule has 2 aromatic carbocycles. The number of fused-ring (bicyclic) bond motifs is 1. The summed E-state index contributed by atoms with van der Waals surface area (Å²) in [5.41, 5.74) is 4.15. The average molecular weight is 671 g/mol. The standard InChI is InChI=1S/C35H32F2N6O4S/c1-35(2,40-34(45)46-18-20-7-5-4-6-8-20)22-13-26(21-9-11-23(36)12-10-21)39-29(14-22)47-31-24-16-43(17-25(24)31)33(44)28-15-27(41-42(28)3)30-32(37)48-19-38-30/h4-15,19,24-25,31H,16-18H2,1-3H3,(H,40,45)/t24-,25+,31?. The van der Waals surface area contributed by atoms with Crippen LogP contribution in [0.2, 0.25) is 0 Å². The maximum atomic E-state index is 14.1. The van der Waals surface area contributed by atoms with Gasteiger partial charge in [0.15, 0.2) is 0 Å². The molecule has 0 spiro atoms. The van der Waals surface area contributed by atoms with Gasteiger partial charge in [0.05, 0.1) is 16.7 Å². The van der Waals surface area contributed by atoms with Crippen molar-refractivity contribution in [3.8, 4) is 28.5 Å². The number of carbonyl (C=O) groups excluding carboxylic acids is 2. The Hall–Kier alpha value is -5.17. The minimum absolute atomic E-state index is 0.108. The van der Waals surface area contributed by atoms with Crippen LogP contribution in [0.3, 0.4) is 0 Å². The topological polar surface area (TPSA) is 111 Å². The highest BCUT2D eigenvalue weighted by Crippen LogP contribution is 2.48. The summed E-state index contributed by atoms with van der Waals surface area (Å²) < 4.78 is 41.2. The fourth-order valence-electron chi connectivity index (χ4n) is 6.08. The molecule has 3 atom stereocenters. The van der Waals surface area contributed by atoms with Crippen LogP contribution in [0.4, 0.5) is 13.6 Å². The molecule has 2 aliphatic rings. The second-order valence-electron chi connectivity index (χ2n) is 12.5. The molecule has 246 valence electrons. The van der Waals surface area contributed by atoms with Crippen LogP contribution >= 0.6 is 11.3 Å². The fourth-order valence-corrected chi connectivity index (χ4v) is 6.60. The van der Waals surface area contributed by atoms with Crippen molar-refractivity contribution in [2.45, 2.75) is 32.1 Å². The number of rotatable bonds is 9. The monoisotopic (exact) mass is 670 g/mol. The summed E-state index contributed by atoms with van der Waals surface area (Å²) in [5.74, 6) is 0.0201. The highest BCUT2D eigenvalue weighted by Gasteiger charge is 2.59. The van der Waals surface area contributed by atoms with E-state index in [1.807, 2.05) is 50.2 Å². The number of aromatic nitrogens is 4. The number of piperidine rings is 1. The van der Waals surface area contributed by atoms with Crippen LogP contribution in [-0.4, -0.2) is 55.8 Å². The van der Waals surface area contributed by atoms with Crippen LogP contribution in [0, 0.1) is 22.8 Å². The lowest BCUT2D eigenvalue weighted by Crippen LogP contribution is -2.41. The zero-order chi connectivity index (χ0) is 33.6. The lowest BCUT2D eigenvalue weighted by atomic mass is 9.93. The number of thiazole rings is 1. The molecule has 3 aromatic heterocycles. The molecule has 0 bridgehead atoms. The Bertz CT molecular complexity index is 1970. The third kappa shape index (κ3) is 6.37. The Balaban J connectivity index is 1.05. The number of hydrogen-bond donors (Lipinski definition) is 1. The summed E-state index contributed by atoms with van der Waals surface area (Å²) in [6.07, 6.45) is -0.735. The van der Waals surface area contributed by atoms with Gasteiger partial charge in [-0.05, 0) is 61.4 Å².